The van der Waals surface area contributed by atoms with E-state index >= 15 is 0 Å². The van der Waals surface area contributed by atoms with Gasteiger partial charge in [0.25, 0.3) is 0 Å². The molecule has 0 aromatic carbocycles. The van der Waals surface area contributed by atoms with Crippen LogP contribution in [-0.4, -0.2) is 49.7 Å². The molecule has 3 rings (SSSR count). The molecule has 1 aliphatic carbocycles. The van der Waals surface area contributed by atoms with E-state index in [-0.39, 0.29) is 5.54 Å². The molecule has 1 aliphatic heterocycles. The molecule has 0 bridgehead atoms. The van der Waals surface area contributed by atoms with Gasteiger partial charge in [0.2, 0.25) is 0 Å². The second-order valence-corrected chi connectivity index (χ2v) is 6.94. The van der Waals surface area contributed by atoms with Gasteiger partial charge >= 0.3 is 0 Å². The third kappa shape index (κ3) is 2.46. The van der Waals surface area contributed by atoms with Crippen LogP contribution in [0.15, 0.2) is 22.8 Å². The molecule has 1 aromatic heterocycles. The Bertz CT molecular complexity index is 394. The summed E-state index contributed by atoms with van der Waals surface area (Å²) in [5, 5.41) is 0. The van der Waals surface area contributed by atoms with E-state index in [1.807, 2.05) is 6.26 Å². The molecule has 0 amide bonds. The van der Waals surface area contributed by atoms with E-state index in [0.717, 1.165) is 4.48 Å². The molecule has 1 saturated heterocycles. The number of hydrogen-bond acceptors (Lipinski definition) is 2. The topological polar surface area (TPSA) is 16.4 Å². The van der Waals surface area contributed by atoms with Crippen LogP contribution >= 0.6 is 0 Å². The number of hydrogen-bond donors (Lipinski definition) is 0. The fourth-order valence-corrected chi connectivity index (χ4v) is 3.83. The summed E-state index contributed by atoms with van der Waals surface area (Å²) in [6.07, 6.45) is 8.46. The summed E-state index contributed by atoms with van der Waals surface area (Å²) in [6.45, 7) is 4.91. The first-order chi connectivity index (χ1) is 9.12. The highest BCUT2D eigenvalue weighted by molar-refractivity contribution is 5.14. The minimum Gasteiger partial charge on any atom is -0.467 e. The molecule has 106 valence electrons. The van der Waals surface area contributed by atoms with Crippen molar-refractivity contribution in [3.8, 4) is 0 Å². The summed E-state index contributed by atoms with van der Waals surface area (Å²) in [7, 11) is 4.69. The van der Waals surface area contributed by atoms with Crippen LogP contribution in [0.5, 0.6) is 0 Å². The summed E-state index contributed by atoms with van der Waals surface area (Å²) in [6, 6.07) is 4.25. The summed E-state index contributed by atoms with van der Waals surface area (Å²) in [5.74, 6) is 1.21. The molecule has 19 heavy (non-hydrogen) atoms. The maximum absolute atomic E-state index is 5.83. The maximum atomic E-state index is 5.83. The van der Waals surface area contributed by atoms with Crippen molar-refractivity contribution in [2.24, 2.45) is 0 Å². The summed E-state index contributed by atoms with van der Waals surface area (Å²) in [4.78, 5) is 2.72. The minimum absolute atomic E-state index is 0.197. The van der Waals surface area contributed by atoms with Crippen molar-refractivity contribution in [1.82, 2.24) is 4.90 Å². The lowest BCUT2D eigenvalue weighted by Crippen LogP contribution is -2.60. The maximum Gasteiger partial charge on any atom is 0.124 e. The van der Waals surface area contributed by atoms with E-state index in [1.165, 1.54) is 64.0 Å². The molecule has 1 aromatic rings. The normalized spacial score (nSPS) is 27.3. The molecule has 0 radical (unpaired) electrons. The third-order valence-electron chi connectivity index (χ3n) is 5.22. The molecule has 3 heteroatoms. The Kier molecular flexibility index (Phi) is 3.44. The Balaban J connectivity index is 1.84. The number of nitrogens with zero attached hydrogens (tertiary/aromatic N) is 2. The number of rotatable bonds is 2. The Morgan fingerprint density at radius 3 is 2.37 bits per heavy atom. The van der Waals surface area contributed by atoms with Crippen LogP contribution in [0.25, 0.3) is 0 Å². The van der Waals surface area contributed by atoms with E-state index in [1.54, 1.807) is 0 Å². The highest BCUT2D eigenvalue weighted by atomic mass is 16.3. The van der Waals surface area contributed by atoms with Crippen LogP contribution in [-0.2, 0) is 5.54 Å². The predicted octanol–water partition coefficient (Wildman–Crippen LogP) is 2.83. The molecule has 0 atom stereocenters. The van der Waals surface area contributed by atoms with Crippen molar-refractivity contribution in [2.75, 3.05) is 40.3 Å². The van der Waals surface area contributed by atoms with Gasteiger partial charge in [-0.15, -0.1) is 0 Å². The first-order valence-electron chi connectivity index (χ1n) is 7.74. The lowest BCUT2D eigenvalue weighted by atomic mass is 9.78. The third-order valence-corrected chi connectivity index (χ3v) is 5.22. The number of furan rings is 1. The van der Waals surface area contributed by atoms with Gasteiger partial charge in [-0.25, -0.2) is 0 Å². The van der Waals surface area contributed by atoms with E-state index in [9.17, 15) is 0 Å². The van der Waals surface area contributed by atoms with Gasteiger partial charge in [0.05, 0.1) is 39.0 Å². The van der Waals surface area contributed by atoms with Gasteiger partial charge < -0.3 is 8.90 Å². The smallest absolute Gasteiger partial charge is 0.124 e. The van der Waals surface area contributed by atoms with E-state index in [2.05, 4.69) is 31.1 Å². The molecule has 0 N–H and O–H groups in total. The molecular weight excluding hydrogens is 236 g/mol. The van der Waals surface area contributed by atoms with Gasteiger partial charge in [0, 0.05) is 13.1 Å². The van der Waals surface area contributed by atoms with Gasteiger partial charge in [-0.3, -0.25) is 4.90 Å². The van der Waals surface area contributed by atoms with Crippen molar-refractivity contribution < 1.29 is 8.90 Å². The van der Waals surface area contributed by atoms with Gasteiger partial charge in [-0.1, -0.05) is 19.3 Å². The van der Waals surface area contributed by atoms with E-state index in [4.69, 9.17) is 4.42 Å². The number of likely N-dealkylation sites (N-methyl/N-ethyl adjacent to an activating group) is 1. The average Bonchev–Trinajstić information content (AvgIpc) is 2.94. The minimum atomic E-state index is 0.197. The molecule has 2 fully saturated rings. The monoisotopic (exact) mass is 263 g/mol. The van der Waals surface area contributed by atoms with Crippen molar-refractivity contribution in [1.29, 1.82) is 0 Å². The quantitative estimate of drug-likeness (QED) is 0.763. The number of quaternary nitrogens is 1. The molecule has 2 aliphatic rings. The Labute approximate surface area is 116 Å². The first kappa shape index (κ1) is 13.2. The fraction of sp³-hybridized carbons (Fsp3) is 0.750. The standard InChI is InChI=1S/C16H27N2O/c1-18(2)12-10-17(11-13-18)16(8-4-3-5-9-16)15-7-6-14-19-15/h6-7,14H,3-5,8-13H2,1-2H3/q+1. The highest BCUT2D eigenvalue weighted by Crippen LogP contribution is 2.43. The van der Waals surface area contributed by atoms with Gasteiger partial charge in [-0.2, -0.15) is 0 Å². The first-order valence-corrected chi connectivity index (χ1v) is 7.74. The predicted molar refractivity (Wildman–Crippen MR) is 76.9 cm³/mol. The second-order valence-electron chi connectivity index (χ2n) is 6.94. The van der Waals surface area contributed by atoms with Crippen LogP contribution < -0.4 is 0 Å². The van der Waals surface area contributed by atoms with Gasteiger partial charge in [0.15, 0.2) is 0 Å². The lowest BCUT2D eigenvalue weighted by molar-refractivity contribution is -0.895. The van der Waals surface area contributed by atoms with E-state index < -0.39 is 0 Å². The van der Waals surface area contributed by atoms with E-state index in [0.29, 0.717) is 0 Å². The summed E-state index contributed by atoms with van der Waals surface area (Å²) >= 11 is 0. The van der Waals surface area contributed by atoms with Crippen molar-refractivity contribution >= 4 is 0 Å². The van der Waals surface area contributed by atoms with Crippen molar-refractivity contribution in [3.05, 3.63) is 24.2 Å². The Morgan fingerprint density at radius 1 is 1.11 bits per heavy atom. The largest absolute Gasteiger partial charge is 0.467 e. The molecular formula is C16H27N2O+. The Hall–Kier alpha value is -0.800. The van der Waals surface area contributed by atoms with Crippen molar-refractivity contribution in [3.63, 3.8) is 0 Å². The molecule has 2 heterocycles. The molecule has 0 unspecified atom stereocenters. The average molecular weight is 263 g/mol. The molecule has 1 saturated carbocycles. The van der Waals surface area contributed by atoms with Crippen LogP contribution in [0.4, 0.5) is 0 Å². The highest BCUT2D eigenvalue weighted by Gasteiger charge is 2.44. The van der Waals surface area contributed by atoms with Crippen molar-refractivity contribution in [2.45, 2.75) is 37.6 Å². The van der Waals surface area contributed by atoms with Gasteiger partial charge in [0.1, 0.15) is 5.76 Å². The zero-order valence-electron chi connectivity index (χ0n) is 12.4. The second kappa shape index (κ2) is 4.95. The number of piperazine rings is 1. The zero-order valence-corrected chi connectivity index (χ0v) is 12.4. The van der Waals surface area contributed by atoms with Crippen LogP contribution in [0.1, 0.15) is 37.9 Å². The van der Waals surface area contributed by atoms with Gasteiger partial charge in [-0.05, 0) is 25.0 Å². The fourth-order valence-electron chi connectivity index (χ4n) is 3.83. The zero-order chi connectivity index (χ0) is 13.3. The molecule has 0 spiro atoms. The summed E-state index contributed by atoms with van der Waals surface area (Å²) in [5.41, 5.74) is 0.197. The van der Waals surface area contributed by atoms with Crippen LogP contribution in [0.2, 0.25) is 0 Å². The SMILES string of the molecule is C[N+]1(C)CCN(C2(c3ccco3)CCCCC2)CC1. The Morgan fingerprint density at radius 2 is 1.79 bits per heavy atom. The van der Waals surface area contributed by atoms with Crippen LogP contribution in [0.3, 0.4) is 0 Å². The lowest BCUT2D eigenvalue weighted by Gasteiger charge is -2.49. The summed E-state index contributed by atoms with van der Waals surface area (Å²) < 4.78 is 6.99. The molecule has 3 nitrogen and oxygen atoms in total. The van der Waals surface area contributed by atoms with Crippen LogP contribution in [0, 0.1) is 0 Å².